The van der Waals surface area contributed by atoms with Crippen LogP contribution in [0.15, 0.2) is 36.9 Å². The zero-order valence-corrected chi connectivity index (χ0v) is 16.2. The lowest BCUT2D eigenvalue weighted by molar-refractivity contribution is -0.133. The van der Waals surface area contributed by atoms with Crippen LogP contribution in [0.3, 0.4) is 0 Å². The number of carbonyl (C=O) groups is 1. The maximum absolute atomic E-state index is 12.6. The lowest BCUT2D eigenvalue weighted by atomic mass is 9.95. The molecule has 2 aromatic heterocycles. The van der Waals surface area contributed by atoms with Crippen molar-refractivity contribution in [2.75, 3.05) is 32.7 Å². The summed E-state index contributed by atoms with van der Waals surface area (Å²) in [5.74, 6) is 1.66. The monoisotopic (exact) mass is 381 g/mol. The zero-order valence-electron chi connectivity index (χ0n) is 16.2. The molecule has 2 aliphatic heterocycles. The summed E-state index contributed by atoms with van der Waals surface area (Å²) in [4.78, 5) is 29.9. The molecule has 4 rings (SSSR count). The molecule has 0 unspecified atom stereocenters. The molecule has 7 heteroatoms. The Morgan fingerprint density at radius 3 is 2.79 bits per heavy atom. The van der Waals surface area contributed by atoms with Crippen molar-refractivity contribution in [1.82, 2.24) is 24.8 Å². The van der Waals surface area contributed by atoms with Crippen molar-refractivity contribution in [3.05, 3.63) is 42.6 Å². The van der Waals surface area contributed by atoms with Gasteiger partial charge in [-0.1, -0.05) is 0 Å². The average Bonchev–Trinajstić information content (AvgIpc) is 2.75. The molecule has 1 atom stereocenters. The molecule has 28 heavy (non-hydrogen) atoms. The minimum Gasteiger partial charge on any atom is -0.436 e. The van der Waals surface area contributed by atoms with Gasteiger partial charge in [0, 0.05) is 37.9 Å². The third kappa shape index (κ3) is 4.84. The van der Waals surface area contributed by atoms with Crippen LogP contribution in [0, 0.1) is 0 Å². The standard InChI is InChI=1S/C21H27N5O2/c27-21(26-10-2-1-3-11-26)16-25-9-5-6-17(15-25)19-13-23-14-20(24-19)28-18-7-4-8-22-12-18/h4,7-8,12-14,17H,1-3,5-6,9-11,15-16H2/t17-/m1/s1. The molecule has 1 amide bonds. The maximum Gasteiger partial charge on any atom is 0.238 e. The van der Waals surface area contributed by atoms with Gasteiger partial charge >= 0.3 is 0 Å². The molecule has 0 aliphatic carbocycles. The van der Waals surface area contributed by atoms with Gasteiger partial charge in [-0.15, -0.1) is 0 Å². The van der Waals surface area contributed by atoms with Gasteiger partial charge in [-0.25, -0.2) is 4.98 Å². The van der Waals surface area contributed by atoms with Crippen molar-refractivity contribution in [3.63, 3.8) is 0 Å². The van der Waals surface area contributed by atoms with Crippen LogP contribution in [0.5, 0.6) is 11.6 Å². The zero-order chi connectivity index (χ0) is 19.2. The summed E-state index contributed by atoms with van der Waals surface area (Å²) in [5, 5.41) is 0. The molecule has 0 saturated carbocycles. The quantitative estimate of drug-likeness (QED) is 0.793. The third-order valence-electron chi connectivity index (χ3n) is 5.48. The number of ether oxygens (including phenoxy) is 1. The second kappa shape index (κ2) is 9.10. The molecule has 0 aromatic carbocycles. The van der Waals surface area contributed by atoms with E-state index in [0.717, 1.165) is 57.6 Å². The first kappa shape index (κ1) is 18.8. The van der Waals surface area contributed by atoms with E-state index in [-0.39, 0.29) is 11.8 Å². The van der Waals surface area contributed by atoms with E-state index in [1.807, 2.05) is 23.2 Å². The van der Waals surface area contributed by atoms with Crippen molar-refractivity contribution >= 4 is 5.91 Å². The molecule has 2 saturated heterocycles. The molecular formula is C21H27N5O2. The number of pyridine rings is 1. The number of hydrogen-bond donors (Lipinski definition) is 0. The van der Waals surface area contributed by atoms with Crippen LogP contribution < -0.4 is 4.74 Å². The Morgan fingerprint density at radius 1 is 1.07 bits per heavy atom. The summed E-state index contributed by atoms with van der Waals surface area (Å²) in [6, 6.07) is 3.67. The fourth-order valence-electron chi connectivity index (χ4n) is 4.01. The molecular weight excluding hydrogens is 354 g/mol. The lowest BCUT2D eigenvalue weighted by Crippen LogP contribution is -2.45. The first-order valence-corrected chi connectivity index (χ1v) is 10.2. The molecule has 7 nitrogen and oxygen atoms in total. The molecule has 0 bridgehead atoms. The van der Waals surface area contributed by atoms with Gasteiger partial charge in [-0.3, -0.25) is 19.7 Å². The second-order valence-electron chi connectivity index (χ2n) is 7.59. The van der Waals surface area contributed by atoms with E-state index in [1.54, 1.807) is 18.6 Å². The van der Waals surface area contributed by atoms with Gasteiger partial charge in [-0.2, -0.15) is 0 Å². The highest BCUT2D eigenvalue weighted by atomic mass is 16.5. The smallest absolute Gasteiger partial charge is 0.238 e. The molecule has 0 radical (unpaired) electrons. The van der Waals surface area contributed by atoms with Gasteiger partial charge in [0.15, 0.2) is 0 Å². The molecule has 148 valence electrons. The fraction of sp³-hybridized carbons (Fsp3) is 0.524. The average molecular weight is 381 g/mol. The first-order valence-electron chi connectivity index (χ1n) is 10.2. The summed E-state index contributed by atoms with van der Waals surface area (Å²) >= 11 is 0. The highest BCUT2D eigenvalue weighted by Crippen LogP contribution is 2.27. The summed E-state index contributed by atoms with van der Waals surface area (Å²) in [5.41, 5.74) is 0.927. The molecule has 0 spiro atoms. The van der Waals surface area contributed by atoms with E-state index in [1.165, 1.54) is 6.42 Å². The Labute approximate surface area is 165 Å². The van der Waals surface area contributed by atoms with Crippen molar-refractivity contribution in [2.24, 2.45) is 0 Å². The molecule has 2 fully saturated rings. The van der Waals surface area contributed by atoms with Crippen molar-refractivity contribution in [2.45, 2.75) is 38.0 Å². The van der Waals surface area contributed by atoms with Gasteiger partial charge in [0.05, 0.1) is 24.6 Å². The van der Waals surface area contributed by atoms with Gasteiger partial charge < -0.3 is 9.64 Å². The summed E-state index contributed by atoms with van der Waals surface area (Å²) < 4.78 is 5.77. The minimum atomic E-state index is 0.264. The minimum absolute atomic E-state index is 0.264. The van der Waals surface area contributed by atoms with Crippen molar-refractivity contribution in [1.29, 1.82) is 0 Å². The number of aromatic nitrogens is 3. The van der Waals surface area contributed by atoms with E-state index in [2.05, 4.69) is 19.9 Å². The Bertz CT molecular complexity index is 779. The number of amides is 1. The highest BCUT2D eigenvalue weighted by Gasteiger charge is 2.26. The van der Waals surface area contributed by atoms with Crippen LogP contribution >= 0.6 is 0 Å². The normalized spacial score (nSPS) is 20.7. The number of likely N-dealkylation sites (tertiary alicyclic amines) is 2. The number of carbonyl (C=O) groups excluding carboxylic acids is 1. The Morgan fingerprint density at radius 2 is 1.96 bits per heavy atom. The van der Waals surface area contributed by atoms with Gasteiger partial charge in [0.1, 0.15) is 5.75 Å². The van der Waals surface area contributed by atoms with Gasteiger partial charge in [-0.05, 0) is 50.8 Å². The van der Waals surface area contributed by atoms with E-state index in [0.29, 0.717) is 18.2 Å². The van der Waals surface area contributed by atoms with Crippen LogP contribution in [-0.2, 0) is 4.79 Å². The third-order valence-corrected chi connectivity index (χ3v) is 5.48. The largest absolute Gasteiger partial charge is 0.436 e. The molecule has 2 aromatic rings. The fourth-order valence-corrected chi connectivity index (χ4v) is 4.01. The lowest BCUT2D eigenvalue weighted by Gasteiger charge is -2.34. The van der Waals surface area contributed by atoms with E-state index in [9.17, 15) is 4.79 Å². The van der Waals surface area contributed by atoms with E-state index in [4.69, 9.17) is 4.74 Å². The Balaban J connectivity index is 1.37. The summed E-state index contributed by atoms with van der Waals surface area (Å²) in [6.07, 6.45) is 12.4. The number of nitrogens with zero attached hydrogens (tertiary/aromatic N) is 5. The topological polar surface area (TPSA) is 71.5 Å². The van der Waals surface area contributed by atoms with Crippen LogP contribution in [0.4, 0.5) is 0 Å². The Hall–Kier alpha value is -2.54. The van der Waals surface area contributed by atoms with Crippen LogP contribution in [-0.4, -0.2) is 63.4 Å². The van der Waals surface area contributed by atoms with E-state index < -0.39 is 0 Å². The first-order chi connectivity index (χ1) is 13.8. The maximum atomic E-state index is 12.6. The number of piperidine rings is 2. The number of rotatable bonds is 5. The van der Waals surface area contributed by atoms with E-state index >= 15 is 0 Å². The predicted molar refractivity (Wildman–Crippen MR) is 105 cm³/mol. The second-order valence-corrected chi connectivity index (χ2v) is 7.59. The van der Waals surface area contributed by atoms with Gasteiger partial charge in [0.25, 0.3) is 0 Å². The molecule has 2 aliphatic rings. The highest BCUT2D eigenvalue weighted by molar-refractivity contribution is 5.78. The van der Waals surface area contributed by atoms with Crippen molar-refractivity contribution < 1.29 is 9.53 Å². The summed E-state index contributed by atoms with van der Waals surface area (Å²) in [6.45, 7) is 4.14. The van der Waals surface area contributed by atoms with Crippen LogP contribution in [0.25, 0.3) is 0 Å². The van der Waals surface area contributed by atoms with Crippen LogP contribution in [0.2, 0.25) is 0 Å². The SMILES string of the molecule is O=C(CN1CCC[C@@H](c2cncc(Oc3cccnc3)n2)C1)N1CCCCC1. The Kier molecular flexibility index (Phi) is 6.11. The molecule has 0 N–H and O–H groups in total. The predicted octanol–water partition coefficient (Wildman–Crippen LogP) is 2.86. The molecule has 4 heterocycles. The van der Waals surface area contributed by atoms with Crippen molar-refractivity contribution in [3.8, 4) is 11.6 Å². The van der Waals surface area contributed by atoms with Gasteiger partial charge in [0.2, 0.25) is 11.8 Å². The summed E-state index contributed by atoms with van der Waals surface area (Å²) in [7, 11) is 0. The number of hydrogen-bond acceptors (Lipinski definition) is 6. The van der Waals surface area contributed by atoms with Crippen LogP contribution in [0.1, 0.15) is 43.7 Å².